The first-order chi connectivity index (χ1) is 8.66. The molecule has 5 nitrogen and oxygen atoms in total. The Morgan fingerprint density at radius 3 is 2.89 bits per heavy atom. The van der Waals surface area contributed by atoms with Crippen LogP contribution in [0.5, 0.6) is 0 Å². The maximum absolute atomic E-state index is 12.2. The quantitative estimate of drug-likeness (QED) is 0.851. The molecule has 3 rings (SSSR count). The molecule has 5 heteroatoms. The smallest absolute Gasteiger partial charge is 0.245 e. The van der Waals surface area contributed by atoms with E-state index >= 15 is 0 Å². The van der Waals surface area contributed by atoms with Crippen molar-refractivity contribution >= 4 is 16.9 Å². The lowest BCUT2D eigenvalue weighted by molar-refractivity contribution is -0.144. The van der Waals surface area contributed by atoms with Crippen molar-refractivity contribution < 1.29 is 9.90 Å². The van der Waals surface area contributed by atoms with Crippen LogP contribution in [0.2, 0.25) is 0 Å². The van der Waals surface area contributed by atoms with Crippen molar-refractivity contribution in [2.24, 2.45) is 0 Å². The van der Waals surface area contributed by atoms with Crippen LogP contribution in [0.15, 0.2) is 30.6 Å². The van der Waals surface area contributed by atoms with Gasteiger partial charge in [-0.2, -0.15) is 0 Å². The lowest BCUT2D eigenvalue weighted by Crippen LogP contribution is -2.55. The highest BCUT2D eigenvalue weighted by atomic mass is 16.3. The van der Waals surface area contributed by atoms with Crippen molar-refractivity contribution in [1.82, 2.24) is 14.5 Å². The van der Waals surface area contributed by atoms with Gasteiger partial charge in [-0.05, 0) is 19.1 Å². The first-order valence-electron chi connectivity index (χ1n) is 6.05. The number of benzene rings is 1. The van der Waals surface area contributed by atoms with Gasteiger partial charge in [-0.1, -0.05) is 12.1 Å². The molecule has 2 heterocycles. The molecule has 0 bridgehead atoms. The minimum absolute atomic E-state index is 0.0310. The lowest BCUT2D eigenvalue weighted by Gasteiger charge is -2.37. The Morgan fingerprint density at radius 2 is 2.17 bits per heavy atom. The van der Waals surface area contributed by atoms with Gasteiger partial charge >= 0.3 is 0 Å². The molecule has 1 saturated heterocycles. The summed E-state index contributed by atoms with van der Waals surface area (Å²) in [6.07, 6.45) is 1.34. The third-order valence-corrected chi connectivity index (χ3v) is 3.43. The number of likely N-dealkylation sites (tertiary alicyclic amines) is 1. The number of aliphatic hydroxyl groups is 1. The number of amides is 1. The molecule has 1 fully saturated rings. The van der Waals surface area contributed by atoms with Crippen LogP contribution in [-0.4, -0.2) is 44.7 Å². The van der Waals surface area contributed by atoms with E-state index in [0.29, 0.717) is 13.1 Å². The van der Waals surface area contributed by atoms with Crippen molar-refractivity contribution in [2.75, 3.05) is 13.1 Å². The molecule has 0 spiro atoms. The predicted molar refractivity (Wildman–Crippen MR) is 67.0 cm³/mol. The number of para-hydroxylation sites is 2. The third-order valence-electron chi connectivity index (χ3n) is 3.43. The minimum Gasteiger partial charge on any atom is -0.389 e. The molecule has 0 saturated carbocycles. The molecule has 1 unspecified atom stereocenters. The van der Waals surface area contributed by atoms with E-state index in [1.807, 2.05) is 35.8 Å². The largest absolute Gasteiger partial charge is 0.389 e. The van der Waals surface area contributed by atoms with Crippen molar-refractivity contribution in [2.45, 2.75) is 19.1 Å². The molecule has 18 heavy (non-hydrogen) atoms. The van der Waals surface area contributed by atoms with E-state index in [1.54, 1.807) is 11.2 Å². The van der Waals surface area contributed by atoms with Crippen molar-refractivity contribution in [3.05, 3.63) is 30.6 Å². The van der Waals surface area contributed by atoms with E-state index in [-0.39, 0.29) is 18.1 Å². The van der Waals surface area contributed by atoms with Crippen LogP contribution in [-0.2, 0) is 4.79 Å². The van der Waals surface area contributed by atoms with Gasteiger partial charge in [-0.25, -0.2) is 4.98 Å². The van der Waals surface area contributed by atoms with Crippen LogP contribution >= 0.6 is 0 Å². The summed E-state index contributed by atoms with van der Waals surface area (Å²) in [5.41, 5.74) is 1.85. The van der Waals surface area contributed by atoms with Crippen LogP contribution in [0.3, 0.4) is 0 Å². The average molecular weight is 245 g/mol. The lowest BCUT2D eigenvalue weighted by atomic mass is 10.1. The van der Waals surface area contributed by atoms with Gasteiger partial charge in [-0.15, -0.1) is 0 Å². The number of rotatable bonds is 2. The molecule has 1 N–H and O–H groups in total. The number of carbonyl (C=O) groups excluding carboxylic acids is 1. The highest BCUT2D eigenvalue weighted by Gasteiger charge is 2.32. The number of nitrogens with zero attached hydrogens (tertiary/aromatic N) is 3. The van der Waals surface area contributed by atoms with Crippen LogP contribution in [0, 0.1) is 0 Å². The van der Waals surface area contributed by atoms with Gasteiger partial charge in [0.05, 0.1) is 23.5 Å². The second-order valence-electron chi connectivity index (χ2n) is 4.71. The minimum atomic E-state index is -0.360. The fraction of sp³-hybridized carbons (Fsp3) is 0.385. The van der Waals surface area contributed by atoms with Gasteiger partial charge in [0.1, 0.15) is 6.04 Å². The monoisotopic (exact) mass is 245 g/mol. The molecule has 1 amide bonds. The van der Waals surface area contributed by atoms with Crippen LogP contribution in [0.25, 0.3) is 11.0 Å². The Kier molecular flexibility index (Phi) is 2.56. The van der Waals surface area contributed by atoms with E-state index in [2.05, 4.69) is 4.98 Å². The Hall–Kier alpha value is -1.88. The molecule has 1 aliphatic rings. The zero-order chi connectivity index (χ0) is 12.7. The maximum atomic E-state index is 12.2. The summed E-state index contributed by atoms with van der Waals surface area (Å²) in [5.74, 6) is 0.0310. The van der Waals surface area contributed by atoms with Crippen LogP contribution in [0.4, 0.5) is 0 Å². The number of carbonyl (C=O) groups is 1. The third kappa shape index (κ3) is 1.67. The van der Waals surface area contributed by atoms with Gasteiger partial charge in [0.2, 0.25) is 5.91 Å². The normalized spacial score (nSPS) is 17.8. The number of imidazole rings is 1. The molecule has 2 aromatic rings. The maximum Gasteiger partial charge on any atom is 0.245 e. The summed E-state index contributed by atoms with van der Waals surface area (Å²) < 4.78 is 1.88. The number of hydrogen-bond donors (Lipinski definition) is 1. The fourth-order valence-electron chi connectivity index (χ4n) is 2.31. The van der Waals surface area contributed by atoms with E-state index in [4.69, 9.17) is 0 Å². The topological polar surface area (TPSA) is 58.4 Å². The summed E-state index contributed by atoms with van der Waals surface area (Å²) >= 11 is 0. The summed E-state index contributed by atoms with van der Waals surface area (Å²) in [7, 11) is 0. The summed E-state index contributed by atoms with van der Waals surface area (Å²) in [6.45, 7) is 2.74. The molecular weight excluding hydrogens is 230 g/mol. The highest BCUT2D eigenvalue weighted by molar-refractivity contribution is 5.84. The molecule has 94 valence electrons. The van der Waals surface area contributed by atoms with E-state index in [1.165, 1.54) is 0 Å². The van der Waals surface area contributed by atoms with Gasteiger partial charge < -0.3 is 14.6 Å². The summed E-state index contributed by atoms with van der Waals surface area (Å²) in [4.78, 5) is 18.1. The molecular formula is C13H15N3O2. The number of fused-ring (bicyclic) bond motifs is 1. The fourth-order valence-corrected chi connectivity index (χ4v) is 2.31. The zero-order valence-corrected chi connectivity index (χ0v) is 10.2. The molecule has 0 aliphatic carbocycles. The number of β-amino-alcohol motifs (C(OH)–C–C–N with tert-alkyl or cyclic N) is 1. The summed E-state index contributed by atoms with van der Waals surface area (Å²) in [5, 5.41) is 9.24. The molecule has 1 aromatic heterocycles. The van der Waals surface area contributed by atoms with Gasteiger partial charge in [-0.3, -0.25) is 4.79 Å². The van der Waals surface area contributed by atoms with E-state index in [0.717, 1.165) is 11.0 Å². The number of hydrogen-bond acceptors (Lipinski definition) is 3. The Morgan fingerprint density at radius 1 is 1.44 bits per heavy atom. The summed E-state index contributed by atoms with van der Waals surface area (Å²) in [6, 6.07) is 7.46. The van der Waals surface area contributed by atoms with Crippen molar-refractivity contribution in [3.8, 4) is 0 Å². The SMILES string of the molecule is CC(C(=O)N1CC(O)C1)n1cnc2ccccc21. The number of aliphatic hydroxyl groups excluding tert-OH is 1. The van der Waals surface area contributed by atoms with E-state index in [9.17, 15) is 9.90 Å². The van der Waals surface area contributed by atoms with Gasteiger partial charge in [0.25, 0.3) is 0 Å². The number of aromatic nitrogens is 2. The molecule has 1 atom stereocenters. The first-order valence-corrected chi connectivity index (χ1v) is 6.05. The van der Waals surface area contributed by atoms with Crippen molar-refractivity contribution in [3.63, 3.8) is 0 Å². The Labute approximate surface area is 105 Å². The molecule has 1 aliphatic heterocycles. The van der Waals surface area contributed by atoms with Crippen LogP contribution < -0.4 is 0 Å². The van der Waals surface area contributed by atoms with Gasteiger partial charge in [0.15, 0.2) is 0 Å². The Bertz CT molecular complexity index is 587. The first kappa shape index (κ1) is 11.2. The van der Waals surface area contributed by atoms with Crippen molar-refractivity contribution in [1.29, 1.82) is 0 Å². The second kappa shape index (κ2) is 4.10. The average Bonchev–Trinajstić information content (AvgIpc) is 2.77. The molecule has 0 radical (unpaired) electrons. The predicted octanol–water partition coefficient (Wildman–Crippen LogP) is 0.800. The standard InChI is InChI=1S/C13H15N3O2/c1-9(13(18)15-6-10(17)7-15)16-8-14-11-4-2-3-5-12(11)16/h2-5,8-10,17H,6-7H2,1H3. The van der Waals surface area contributed by atoms with E-state index < -0.39 is 0 Å². The second-order valence-corrected chi connectivity index (χ2v) is 4.71. The molecule has 1 aromatic carbocycles. The Balaban J connectivity index is 1.87. The zero-order valence-electron chi connectivity index (χ0n) is 10.2. The highest BCUT2D eigenvalue weighted by Crippen LogP contribution is 2.21. The van der Waals surface area contributed by atoms with Crippen LogP contribution in [0.1, 0.15) is 13.0 Å². The van der Waals surface area contributed by atoms with Gasteiger partial charge in [0, 0.05) is 13.1 Å².